The first kappa shape index (κ1) is 14.8. The summed E-state index contributed by atoms with van der Waals surface area (Å²) in [6.45, 7) is 7.09. The van der Waals surface area contributed by atoms with Gasteiger partial charge in [-0.05, 0) is 34.4 Å². The molecule has 4 heteroatoms. The summed E-state index contributed by atoms with van der Waals surface area (Å²) in [6.07, 6.45) is 0.816. The third-order valence-corrected chi connectivity index (χ3v) is 2.44. The van der Waals surface area contributed by atoms with Crippen molar-refractivity contribution in [1.82, 2.24) is 4.90 Å². The number of rotatable bonds is 8. The molecule has 0 radical (unpaired) electrons. The first-order chi connectivity index (χ1) is 7.01. The summed E-state index contributed by atoms with van der Waals surface area (Å²) in [5.74, 6) is -1.21. The highest BCUT2D eigenvalue weighted by Crippen LogP contribution is 2.20. The molecule has 2 atom stereocenters. The molecule has 2 unspecified atom stereocenters. The van der Waals surface area contributed by atoms with Crippen LogP contribution >= 0.6 is 0 Å². The van der Waals surface area contributed by atoms with Crippen LogP contribution in [0.25, 0.3) is 0 Å². The molecule has 0 amide bonds. The lowest BCUT2D eigenvalue weighted by atomic mass is 10.0. The third kappa shape index (κ3) is 4.47. The maximum atomic E-state index is 10.4. The zero-order valence-corrected chi connectivity index (χ0v) is 10.6. The monoisotopic (exact) mass is 219 g/mol. The van der Waals surface area contributed by atoms with Gasteiger partial charge in [0.1, 0.15) is 6.61 Å². The lowest BCUT2D eigenvalue weighted by Crippen LogP contribution is -2.54. The van der Waals surface area contributed by atoms with Crippen LogP contribution in [0.4, 0.5) is 0 Å². The number of hydrogen-bond donors (Lipinski definition) is 1. The molecule has 0 spiro atoms. The molecule has 92 valence electrons. The van der Waals surface area contributed by atoms with Gasteiger partial charge in [0.25, 0.3) is 0 Å². The molecule has 0 aliphatic rings. The average molecular weight is 219 g/mol. The van der Waals surface area contributed by atoms with Gasteiger partial charge in [-0.15, -0.1) is 0 Å². The second-order valence-corrected chi connectivity index (χ2v) is 3.80. The quantitative estimate of drug-likeness (QED) is 0.620. The molecule has 0 aromatic rings. The highest BCUT2D eigenvalue weighted by atomic mass is 16.6. The van der Waals surface area contributed by atoms with Gasteiger partial charge in [-0.3, -0.25) is 0 Å². The molecule has 0 heterocycles. The van der Waals surface area contributed by atoms with E-state index >= 15 is 0 Å². The Morgan fingerprint density at radius 3 is 2.13 bits per heavy atom. The first-order valence-electron chi connectivity index (χ1n) is 5.62. The van der Waals surface area contributed by atoms with E-state index in [2.05, 4.69) is 0 Å². The fraction of sp³-hybridized carbons (Fsp3) is 1.00. The molecule has 0 aliphatic heterocycles. The second-order valence-electron chi connectivity index (χ2n) is 3.80. The van der Waals surface area contributed by atoms with Crippen molar-refractivity contribution in [2.24, 2.45) is 0 Å². The molecule has 0 rings (SSSR count). The number of aliphatic hydroxyl groups is 1. The summed E-state index contributed by atoms with van der Waals surface area (Å²) in [7, 11) is 3.87. The molecule has 0 aromatic heterocycles. The number of hydrogen-bond acceptors (Lipinski definition) is 4. The summed E-state index contributed by atoms with van der Waals surface area (Å²) >= 11 is 0. The zero-order chi connectivity index (χ0) is 11.9. The van der Waals surface area contributed by atoms with Crippen molar-refractivity contribution in [3.8, 4) is 0 Å². The molecule has 0 saturated carbocycles. The van der Waals surface area contributed by atoms with Crippen molar-refractivity contribution in [3.05, 3.63) is 0 Å². The van der Waals surface area contributed by atoms with Gasteiger partial charge in [0, 0.05) is 13.2 Å². The fourth-order valence-corrected chi connectivity index (χ4v) is 1.82. The van der Waals surface area contributed by atoms with Crippen LogP contribution < -0.4 is 0 Å². The molecule has 0 aliphatic carbocycles. The predicted octanol–water partition coefficient (Wildman–Crippen LogP) is 1.09. The van der Waals surface area contributed by atoms with Crippen LogP contribution in [-0.4, -0.2) is 55.8 Å². The molecule has 4 nitrogen and oxygen atoms in total. The number of ether oxygens (including phenoxy) is 2. The van der Waals surface area contributed by atoms with Crippen LogP contribution in [0.5, 0.6) is 0 Å². The standard InChI is InChI=1S/C11H25NO3/c1-6-10(12(4)5)11(13,15-8-3)9-14-7-2/h10,13H,6-9H2,1-5H3. The molecule has 0 saturated heterocycles. The minimum atomic E-state index is -1.21. The van der Waals surface area contributed by atoms with Gasteiger partial charge >= 0.3 is 0 Å². The van der Waals surface area contributed by atoms with Crippen molar-refractivity contribution in [2.45, 2.75) is 39.0 Å². The predicted molar refractivity (Wildman–Crippen MR) is 60.8 cm³/mol. The fourth-order valence-electron chi connectivity index (χ4n) is 1.82. The average Bonchev–Trinajstić information content (AvgIpc) is 2.15. The normalized spacial score (nSPS) is 17.8. The first-order valence-corrected chi connectivity index (χ1v) is 5.62. The van der Waals surface area contributed by atoms with Gasteiger partial charge < -0.3 is 19.5 Å². The van der Waals surface area contributed by atoms with Crippen molar-refractivity contribution in [2.75, 3.05) is 33.9 Å². The van der Waals surface area contributed by atoms with Crippen LogP contribution in [0.15, 0.2) is 0 Å². The Morgan fingerprint density at radius 2 is 1.80 bits per heavy atom. The Morgan fingerprint density at radius 1 is 1.20 bits per heavy atom. The van der Waals surface area contributed by atoms with Crippen molar-refractivity contribution in [3.63, 3.8) is 0 Å². The summed E-state index contributed by atoms with van der Waals surface area (Å²) in [5, 5.41) is 10.4. The van der Waals surface area contributed by atoms with Crippen LogP contribution in [-0.2, 0) is 9.47 Å². The van der Waals surface area contributed by atoms with E-state index in [4.69, 9.17) is 9.47 Å². The number of nitrogens with zero attached hydrogens (tertiary/aromatic N) is 1. The van der Waals surface area contributed by atoms with E-state index < -0.39 is 5.79 Å². The van der Waals surface area contributed by atoms with E-state index in [1.165, 1.54) is 0 Å². The molecule has 1 N–H and O–H groups in total. The van der Waals surface area contributed by atoms with Crippen molar-refractivity contribution >= 4 is 0 Å². The molecule has 15 heavy (non-hydrogen) atoms. The molecule has 0 fully saturated rings. The highest BCUT2D eigenvalue weighted by Gasteiger charge is 2.38. The second kappa shape index (κ2) is 7.17. The van der Waals surface area contributed by atoms with E-state index in [0.29, 0.717) is 13.2 Å². The maximum absolute atomic E-state index is 10.4. The molecule has 0 aromatic carbocycles. The van der Waals surface area contributed by atoms with Crippen LogP contribution in [0.1, 0.15) is 27.2 Å². The SMILES string of the molecule is CCOCC(O)(OCC)C(CC)N(C)C. The van der Waals surface area contributed by atoms with E-state index in [9.17, 15) is 5.11 Å². The smallest absolute Gasteiger partial charge is 0.205 e. The Labute approximate surface area is 93.2 Å². The zero-order valence-electron chi connectivity index (χ0n) is 10.6. The molecular weight excluding hydrogens is 194 g/mol. The topological polar surface area (TPSA) is 41.9 Å². The molecular formula is C11H25NO3. The Kier molecular flexibility index (Phi) is 7.09. The van der Waals surface area contributed by atoms with E-state index in [1.54, 1.807) is 0 Å². The van der Waals surface area contributed by atoms with Crippen molar-refractivity contribution in [1.29, 1.82) is 0 Å². The van der Waals surface area contributed by atoms with Crippen LogP contribution in [0, 0.1) is 0 Å². The Hall–Kier alpha value is -0.160. The highest BCUT2D eigenvalue weighted by molar-refractivity contribution is 4.82. The van der Waals surface area contributed by atoms with Gasteiger partial charge in [0.05, 0.1) is 6.04 Å². The largest absolute Gasteiger partial charge is 0.376 e. The minimum absolute atomic E-state index is 0.0519. The van der Waals surface area contributed by atoms with Gasteiger partial charge in [-0.2, -0.15) is 0 Å². The lowest BCUT2D eigenvalue weighted by molar-refractivity contribution is -0.259. The van der Waals surface area contributed by atoms with E-state index in [-0.39, 0.29) is 12.6 Å². The van der Waals surface area contributed by atoms with Crippen LogP contribution in [0.2, 0.25) is 0 Å². The minimum Gasteiger partial charge on any atom is -0.376 e. The van der Waals surface area contributed by atoms with Gasteiger partial charge in [0.15, 0.2) is 0 Å². The van der Waals surface area contributed by atoms with Gasteiger partial charge in [-0.25, -0.2) is 0 Å². The van der Waals surface area contributed by atoms with Gasteiger partial charge in [-0.1, -0.05) is 6.92 Å². The maximum Gasteiger partial charge on any atom is 0.205 e. The van der Waals surface area contributed by atoms with Crippen LogP contribution in [0.3, 0.4) is 0 Å². The summed E-state index contributed by atoms with van der Waals surface area (Å²) in [6, 6.07) is -0.0519. The van der Waals surface area contributed by atoms with Crippen molar-refractivity contribution < 1.29 is 14.6 Å². The third-order valence-electron chi connectivity index (χ3n) is 2.44. The van der Waals surface area contributed by atoms with Gasteiger partial charge in [0.2, 0.25) is 5.79 Å². The summed E-state index contributed by atoms with van der Waals surface area (Å²) in [5.41, 5.74) is 0. The lowest BCUT2D eigenvalue weighted by Gasteiger charge is -2.38. The van der Waals surface area contributed by atoms with E-state index in [0.717, 1.165) is 6.42 Å². The Balaban J connectivity index is 4.56. The number of likely N-dealkylation sites (N-methyl/N-ethyl adjacent to an activating group) is 1. The summed E-state index contributed by atoms with van der Waals surface area (Å²) in [4.78, 5) is 1.97. The summed E-state index contributed by atoms with van der Waals surface area (Å²) < 4.78 is 10.7. The Bertz CT molecular complexity index is 164. The van der Waals surface area contributed by atoms with E-state index in [1.807, 2.05) is 39.8 Å². The molecule has 0 bridgehead atoms.